The predicted molar refractivity (Wildman–Crippen MR) is 73.4 cm³/mol. The fourth-order valence-electron chi connectivity index (χ4n) is 2.08. The van der Waals surface area contributed by atoms with Crippen LogP contribution in [-0.4, -0.2) is 28.9 Å². The number of fused-ring (bicyclic) bond motifs is 1. The van der Waals surface area contributed by atoms with Crippen LogP contribution >= 0.6 is 0 Å². The average molecular weight is 243 g/mol. The van der Waals surface area contributed by atoms with Crippen molar-refractivity contribution >= 4 is 22.4 Å². The monoisotopic (exact) mass is 243 g/mol. The van der Waals surface area contributed by atoms with E-state index in [1.165, 1.54) is 0 Å². The Balaban J connectivity index is 2.61. The van der Waals surface area contributed by atoms with Crippen LogP contribution in [0.4, 0.5) is 5.69 Å². The number of nitrogens with zero attached hydrogens (tertiary/aromatic N) is 2. The highest BCUT2D eigenvalue weighted by atomic mass is 16.2. The second kappa shape index (κ2) is 5.04. The molecule has 0 aliphatic rings. The number of aromatic nitrogens is 1. The van der Waals surface area contributed by atoms with Gasteiger partial charge >= 0.3 is 0 Å². The lowest BCUT2D eigenvalue weighted by atomic mass is 10.1. The molecule has 4 nitrogen and oxygen atoms in total. The van der Waals surface area contributed by atoms with Gasteiger partial charge < -0.3 is 10.6 Å². The van der Waals surface area contributed by atoms with Crippen molar-refractivity contribution < 1.29 is 4.79 Å². The van der Waals surface area contributed by atoms with Gasteiger partial charge in [-0.2, -0.15) is 0 Å². The number of carbonyl (C=O) groups is 1. The van der Waals surface area contributed by atoms with Gasteiger partial charge in [0, 0.05) is 30.4 Å². The molecule has 1 aromatic carbocycles. The Morgan fingerprint density at radius 1 is 1.28 bits per heavy atom. The van der Waals surface area contributed by atoms with Crippen molar-refractivity contribution in [3.05, 3.63) is 36.2 Å². The number of carbonyl (C=O) groups excluding carboxylic acids is 1. The standard InChI is InChI=1S/C14H17N3O/c1-3-17(4-2)14(18)13-12-10(8-9-16-13)6-5-7-11(12)15/h5-9H,3-4,15H2,1-2H3. The first-order valence-corrected chi connectivity index (χ1v) is 6.11. The smallest absolute Gasteiger partial charge is 0.273 e. The Hall–Kier alpha value is -2.10. The van der Waals surface area contributed by atoms with E-state index in [0.717, 1.165) is 10.8 Å². The highest BCUT2D eigenvalue weighted by Crippen LogP contribution is 2.24. The quantitative estimate of drug-likeness (QED) is 0.841. The summed E-state index contributed by atoms with van der Waals surface area (Å²) in [6, 6.07) is 7.48. The minimum absolute atomic E-state index is 0.0662. The molecule has 0 aliphatic heterocycles. The molecule has 0 saturated heterocycles. The number of pyridine rings is 1. The number of benzene rings is 1. The van der Waals surface area contributed by atoms with Gasteiger partial charge in [0.15, 0.2) is 0 Å². The molecule has 0 aliphatic carbocycles. The first-order chi connectivity index (χ1) is 8.69. The Bertz CT molecular complexity index is 571. The van der Waals surface area contributed by atoms with Crippen LogP contribution in [0.15, 0.2) is 30.5 Å². The molecule has 0 radical (unpaired) electrons. The second-order valence-electron chi connectivity index (χ2n) is 4.08. The van der Waals surface area contributed by atoms with Crippen molar-refractivity contribution in [2.45, 2.75) is 13.8 Å². The third-order valence-electron chi connectivity index (χ3n) is 3.08. The van der Waals surface area contributed by atoms with E-state index in [0.29, 0.717) is 24.5 Å². The minimum atomic E-state index is -0.0662. The SMILES string of the molecule is CCN(CC)C(=O)c1nccc2cccc(N)c12. The van der Waals surface area contributed by atoms with Crippen molar-refractivity contribution in [3.63, 3.8) is 0 Å². The van der Waals surface area contributed by atoms with Gasteiger partial charge in [-0.05, 0) is 31.4 Å². The molecule has 0 atom stereocenters. The summed E-state index contributed by atoms with van der Waals surface area (Å²) in [5.74, 6) is -0.0662. The molecule has 1 aromatic heterocycles. The highest BCUT2D eigenvalue weighted by Gasteiger charge is 2.17. The molecular weight excluding hydrogens is 226 g/mol. The van der Waals surface area contributed by atoms with Gasteiger partial charge in [0.25, 0.3) is 5.91 Å². The van der Waals surface area contributed by atoms with Crippen molar-refractivity contribution in [3.8, 4) is 0 Å². The summed E-state index contributed by atoms with van der Waals surface area (Å²) in [6.45, 7) is 5.24. The lowest BCUT2D eigenvalue weighted by molar-refractivity contribution is 0.0769. The molecular formula is C14H17N3O. The molecule has 1 heterocycles. The van der Waals surface area contributed by atoms with E-state index in [2.05, 4.69) is 4.98 Å². The van der Waals surface area contributed by atoms with Gasteiger partial charge in [-0.25, -0.2) is 0 Å². The fraction of sp³-hybridized carbons (Fsp3) is 0.286. The van der Waals surface area contributed by atoms with Crippen molar-refractivity contribution in [2.24, 2.45) is 0 Å². The number of nitrogens with two attached hydrogens (primary N) is 1. The summed E-state index contributed by atoms with van der Waals surface area (Å²) >= 11 is 0. The third kappa shape index (κ3) is 2.01. The Labute approximate surface area is 106 Å². The van der Waals surface area contributed by atoms with Crippen molar-refractivity contribution in [2.75, 3.05) is 18.8 Å². The first kappa shape index (κ1) is 12.4. The van der Waals surface area contributed by atoms with Crippen LogP contribution in [0.5, 0.6) is 0 Å². The Kier molecular flexibility index (Phi) is 3.46. The van der Waals surface area contributed by atoms with Crippen LogP contribution < -0.4 is 5.73 Å². The van der Waals surface area contributed by atoms with Gasteiger partial charge in [0.2, 0.25) is 0 Å². The van der Waals surface area contributed by atoms with Gasteiger partial charge in [-0.3, -0.25) is 9.78 Å². The van der Waals surface area contributed by atoms with E-state index in [-0.39, 0.29) is 5.91 Å². The molecule has 2 N–H and O–H groups in total. The molecule has 18 heavy (non-hydrogen) atoms. The largest absolute Gasteiger partial charge is 0.398 e. The molecule has 0 spiro atoms. The molecule has 0 saturated carbocycles. The Morgan fingerprint density at radius 3 is 2.67 bits per heavy atom. The average Bonchev–Trinajstić information content (AvgIpc) is 2.39. The molecule has 2 aromatic rings. The lowest BCUT2D eigenvalue weighted by Gasteiger charge is -2.19. The van der Waals surface area contributed by atoms with E-state index in [4.69, 9.17) is 5.73 Å². The maximum absolute atomic E-state index is 12.4. The topological polar surface area (TPSA) is 59.2 Å². The molecule has 94 valence electrons. The van der Waals surface area contributed by atoms with Crippen LogP contribution in [0, 0.1) is 0 Å². The van der Waals surface area contributed by atoms with Crippen LogP contribution in [0.2, 0.25) is 0 Å². The van der Waals surface area contributed by atoms with Crippen molar-refractivity contribution in [1.29, 1.82) is 0 Å². The van der Waals surface area contributed by atoms with E-state index in [1.807, 2.05) is 32.0 Å². The summed E-state index contributed by atoms with van der Waals surface area (Å²) < 4.78 is 0. The first-order valence-electron chi connectivity index (χ1n) is 6.11. The van der Waals surface area contributed by atoms with Crippen LogP contribution in [0.25, 0.3) is 10.8 Å². The zero-order chi connectivity index (χ0) is 13.1. The van der Waals surface area contributed by atoms with E-state index >= 15 is 0 Å². The van der Waals surface area contributed by atoms with Crippen molar-refractivity contribution in [1.82, 2.24) is 9.88 Å². The summed E-state index contributed by atoms with van der Waals surface area (Å²) in [5, 5.41) is 1.69. The Morgan fingerprint density at radius 2 is 2.00 bits per heavy atom. The lowest BCUT2D eigenvalue weighted by Crippen LogP contribution is -2.31. The van der Waals surface area contributed by atoms with Crippen LogP contribution in [-0.2, 0) is 0 Å². The zero-order valence-corrected chi connectivity index (χ0v) is 10.7. The maximum Gasteiger partial charge on any atom is 0.273 e. The molecule has 4 heteroatoms. The molecule has 0 bridgehead atoms. The third-order valence-corrected chi connectivity index (χ3v) is 3.08. The summed E-state index contributed by atoms with van der Waals surface area (Å²) in [7, 11) is 0. The van der Waals surface area contributed by atoms with Crippen LogP contribution in [0.1, 0.15) is 24.3 Å². The van der Waals surface area contributed by atoms with Crippen LogP contribution in [0.3, 0.4) is 0 Å². The molecule has 0 unspecified atom stereocenters. The van der Waals surface area contributed by atoms with Gasteiger partial charge in [0.1, 0.15) is 5.69 Å². The number of hydrogen-bond donors (Lipinski definition) is 1. The van der Waals surface area contributed by atoms with Gasteiger partial charge in [-0.15, -0.1) is 0 Å². The van der Waals surface area contributed by atoms with Gasteiger partial charge in [-0.1, -0.05) is 12.1 Å². The normalized spacial score (nSPS) is 10.6. The van der Waals surface area contributed by atoms with Gasteiger partial charge in [0.05, 0.1) is 0 Å². The summed E-state index contributed by atoms with van der Waals surface area (Å²) in [4.78, 5) is 18.3. The summed E-state index contributed by atoms with van der Waals surface area (Å²) in [6.07, 6.45) is 1.65. The van der Waals surface area contributed by atoms with E-state index in [9.17, 15) is 4.79 Å². The number of anilines is 1. The minimum Gasteiger partial charge on any atom is -0.398 e. The number of rotatable bonds is 3. The predicted octanol–water partition coefficient (Wildman–Crippen LogP) is 2.30. The number of amides is 1. The zero-order valence-electron chi connectivity index (χ0n) is 10.7. The van der Waals surface area contributed by atoms with E-state index in [1.54, 1.807) is 17.2 Å². The number of hydrogen-bond acceptors (Lipinski definition) is 3. The molecule has 0 fully saturated rings. The molecule has 2 rings (SSSR count). The maximum atomic E-state index is 12.4. The highest BCUT2D eigenvalue weighted by molar-refractivity contribution is 6.09. The fourth-order valence-corrected chi connectivity index (χ4v) is 2.08. The van der Waals surface area contributed by atoms with E-state index < -0.39 is 0 Å². The number of nitrogen functional groups attached to an aromatic ring is 1. The molecule has 1 amide bonds. The summed E-state index contributed by atoms with van der Waals surface area (Å²) in [5.41, 5.74) is 7.00. The second-order valence-corrected chi connectivity index (χ2v) is 4.08.